The molecule has 0 radical (unpaired) electrons. The van der Waals surface area contributed by atoms with Crippen LogP contribution in [0.25, 0.3) is 0 Å². The molecule has 2 aliphatic rings. The van der Waals surface area contributed by atoms with Crippen molar-refractivity contribution in [2.75, 3.05) is 13.2 Å². The highest BCUT2D eigenvalue weighted by molar-refractivity contribution is 5.86. The van der Waals surface area contributed by atoms with E-state index >= 15 is 0 Å². The highest BCUT2D eigenvalue weighted by Crippen LogP contribution is 2.38. The maximum atomic E-state index is 12.2. The minimum atomic E-state index is -0.291. The fourth-order valence-corrected chi connectivity index (χ4v) is 3.10. The largest absolute Gasteiger partial charge is 0.346 e. The quantitative estimate of drug-likeness (QED) is 0.819. The Balaban J connectivity index is 1.92. The van der Waals surface area contributed by atoms with Crippen LogP contribution in [-0.2, 0) is 14.3 Å². The summed E-state index contributed by atoms with van der Waals surface area (Å²) in [6.45, 7) is 3.49. The third kappa shape index (κ3) is 2.58. The SMILES string of the molecule is CC1CCC(=O)C(c2ccccc2C2OCCO2)C1. The minimum Gasteiger partial charge on any atom is -0.346 e. The first-order valence-corrected chi connectivity index (χ1v) is 7.10. The molecule has 3 nitrogen and oxygen atoms in total. The lowest BCUT2D eigenvalue weighted by Gasteiger charge is -2.28. The zero-order valence-electron chi connectivity index (χ0n) is 11.3. The van der Waals surface area contributed by atoms with Crippen molar-refractivity contribution in [1.82, 2.24) is 0 Å². The van der Waals surface area contributed by atoms with E-state index in [0.717, 1.165) is 24.0 Å². The Hall–Kier alpha value is -1.19. The first-order valence-electron chi connectivity index (χ1n) is 7.10. The highest BCUT2D eigenvalue weighted by atomic mass is 16.7. The van der Waals surface area contributed by atoms with Crippen molar-refractivity contribution in [2.45, 2.75) is 38.4 Å². The van der Waals surface area contributed by atoms with E-state index in [2.05, 4.69) is 13.0 Å². The van der Waals surface area contributed by atoms with E-state index in [0.29, 0.717) is 31.3 Å². The Kier molecular flexibility index (Phi) is 3.67. The summed E-state index contributed by atoms with van der Waals surface area (Å²) in [4.78, 5) is 12.2. The average Bonchev–Trinajstić information content (AvgIpc) is 2.95. The van der Waals surface area contributed by atoms with Crippen molar-refractivity contribution in [2.24, 2.45) is 5.92 Å². The van der Waals surface area contributed by atoms with E-state index in [1.54, 1.807) is 0 Å². The van der Waals surface area contributed by atoms with Gasteiger partial charge >= 0.3 is 0 Å². The number of rotatable bonds is 2. The molecule has 1 aliphatic carbocycles. The standard InChI is InChI=1S/C16H20O3/c1-11-6-7-15(17)14(10-11)12-4-2-3-5-13(12)16-18-8-9-19-16/h2-5,11,14,16H,6-10H2,1H3. The summed E-state index contributed by atoms with van der Waals surface area (Å²) in [5.41, 5.74) is 2.14. The van der Waals surface area contributed by atoms with Crippen LogP contribution in [0.15, 0.2) is 24.3 Å². The molecule has 1 aromatic carbocycles. The van der Waals surface area contributed by atoms with E-state index in [-0.39, 0.29) is 12.2 Å². The fraction of sp³-hybridized carbons (Fsp3) is 0.562. The Morgan fingerprint density at radius 3 is 2.53 bits per heavy atom. The number of hydrogen-bond donors (Lipinski definition) is 0. The molecular formula is C16H20O3. The summed E-state index contributed by atoms with van der Waals surface area (Å²) in [5.74, 6) is 0.998. The van der Waals surface area contributed by atoms with Gasteiger partial charge in [0, 0.05) is 17.9 Å². The van der Waals surface area contributed by atoms with E-state index in [1.807, 2.05) is 18.2 Å². The molecule has 2 fully saturated rings. The van der Waals surface area contributed by atoms with Gasteiger partial charge in [0.2, 0.25) is 0 Å². The minimum absolute atomic E-state index is 0.0211. The Bertz CT molecular complexity index is 463. The summed E-state index contributed by atoms with van der Waals surface area (Å²) >= 11 is 0. The number of ketones is 1. The van der Waals surface area contributed by atoms with Gasteiger partial charge in [-0.25, -0.2) is 0 Å². The van der Waals surface area contributed by atoms with Crippen LogP contribution in [-0.4, -0.2) is 19.0 Å². The topological polar surface area (TPSA) is 35.5 Å². The molecule has 1 heterocycles. The Morgan fingerprint density at radius 1 is 1.11 bits per heavy atom. The maximum Gasteiger partial charge on any atom is 0.184 e. The fourth-order valence-electron chi connectivity index (χ4n) is 3.10. The number of hydrogen-bond acceptors (Lipinski definition) is 3. The Morgan fingerprint density at radius 2 is 1.79 bits per heavy atom. The predicted molar refractivity (Wildman–Crippen MR) is 71.9 cm³/mol. The number of carbonyl (C=O) groups is 1. The van der Waals surface area contributed by atoms with Crippen molar-refractivity contribution in [3.05, 3.63) is 35.4 Å². The second-order valence-corrected chi connectivity index (χ2v) is 5.60. The van der Waals surface area contributed by atoms with Crippen LogP contribution in [0.3, 0.4) is 0 Å². The van der Waals surface area contributed by atoms with Crippen LogP contribution < -0.4 is 0 Å². The molecule has 0 N–H and O–H groups in total. The maximum absolute atomic E-state index is 12.2. The number of Topliss-reactive ketones (excluding diaryl/α,β-unsaturated/α-hetero) is 1. The molecule has 0 amide bonds. The molecule has 2 atom stereocenters. The molecule has 0 aromatic heterocycles. The van der Waals surface area contributed by atoms with E-state index < -0.39 is 0 Å². The molecule has 1 aliphatic heterocycles. The molecule has 0 spiro atoms. The summed E-state index contributed by atoms with van der Waals surface area (Å²) in [7, 11) is 0. The van der Waals surface area contributed by atoms with Gasteiger partial charge < -0.3 is 9.47 Å². The van der Waals surface area contributed by atoms with Gasteiger partial charge in [0.1, 0.15) is 5.78 Å². The third-order valence-electron chi connectivity index (χ3n) is 4.16. The molecule has 3 rings (SSSR count). The van der Waals surface area contributed by atoms with E-state index in [9.17, 15) is 4.79 Å². The summed E-state index contributed by atoms with van der Waals surface area (Å²) < 4.78 is 11.2. The van der Waals surface area contributed by atoms with E-state index in [1.165, 1.54) is 0 Å². The monoisotopic (exact) mass is 260 g/mol. The van der Waals surface area contributed by atoms with E-state index in [4.69, 9.17) is 9.47 Å². The molecule has 1 saturated heterocycles. The molecule has 1 saturated carbocycles. The van der Waals surface area contributed by atoms with Crippen LogP contribution in [0, 0.1) is 5.92 Å². The van der Waals surface area contributed by atoms with Gasteiger partial charge in [0.05, 0.1) is 13.2 Å². The molecule has 0 bridgehead atoms. The van der Waals surface area contributed by atoms with Crippen molar-refractivity contribution in [3.63, 3.8) is 0 Å². The van der Waals surface area contributed by atoms with Crippen molar-refractivity contribution in [1.29, 1.82) is 0 Å². The second kappa shape index (κ2) is 5.43. The Labute approximate surface area is 113 Å². The lowest BCUT2D eigenvalue weighted by Crippen LogP contribution is -2.23. The third-order valence-corrected chi connectivity index (χ3v) is 4.16. The average molecular weight is 260 g/mol. The van der Waals surface area contributed by atoms with Gasteiger partial charge in [0.15, 0.2) is 6.29 Å². The van der Waals surface area contributed by atoms with Gasteiger partial charge in [-0.05, 0) is 24.3 Å². The molecule has 19 heavy (non-hydrogen) atoms. The number of ether oxygens (including phenoxy) is 2. The first-order chi connectivity index (χ1) is 9.25. The summed E-state index contributed by atoms with van der Waals surface area (Å²) in [5, 5.41) is 0. The first kappa shape index (κ1) is 12.8. The van der Waals surface area contributed by atoms with Gasteiger partial charge in [-0.1, -0.05) is 31.2 Å². The predicted octanol–water partition coefficient (Wildman–Crippen LogP) is 3.20. The summed E-state index contributed by atoms with van der Waals surface area (Å²) in [6.07, 6.45) is 2.38. The molecule has 2 unspecified atom stereocenters. The molecule has 3 heteroatoms. The molecule has 1 aromatic rings. The van der Waals surface area contributed by atoms with Gasteiger partial charge in [0.25, 0.3) is 0 Å². The highest BCUT2D eigenvalue weighted by Gasteiger charge is 2.31. The number of benzene rings is 1. The normalized spacial score (nSPS) is 28.8. The van der Waals surface area contributed by atoms with Crippen LogP contribution in [0.5, 0.6) is 0 Å². The molecular weight excluding hydrogens is 240 g/mol. The zero-order valence-corrected chi connectivity index (χ0v) is 11.3. The van der Waals surface area contributed by atoms with Crippen molar-refractivity contribution < 1.29 is 14.3 Å². The van der Waals surface area contributed by atoms with Crippen molar-refractivity contribution >= 4 is 5.78 Å². The van der Waals surface area contributed by atoms with Gasteiger partial charge in [-0.15, -0.1) is 0 Å². The van der Waals surface area contributed by atoms with Gasteiger partial charge in [-0.3, -0.25) is 4.79 Å². The van der Waals surface area contributed by atoms with Crippen LogP contribution in [0.1, 0.15) is 49.5 Å². The van der Waals surface area contributed by atoms with Crippen LogP contribution in [0.2, 0.25) is 0 Å². The van der Waals surface area contributed by atoms with Gasteiger partial charge in [-0.2, -0.15) is 0 Å². The van der Waals surface area contributed by atoms with Crippen molar-refractivity contribution in [3.8, 4) is 0 Å². The molecule has 102 valence electrons. The van der Waals surface area contributed by atoms with Crippen LogP contribution >= 0.6 is 0 Å². The summed E-state index contributed by atoms with van der Waals surface area (Å²) in [6, 6.07) is 8.07. The second-order valence-electron chi connectivity index (χ2n) is 5.60. The van der Waals surface area contributed by atoms with Crippen LogP contribution in [0.4, 0.5) is 0 Å². The number of carbonyl (C=O) groups excluding carboxylic acids is 1. The lowest BCUT2D eigenvalue weighted by atomic mass is 9.76. The smallest absolute Gasteiger partial charge is 0.184 e. The lowest BCUT2D eigenvalue weighted by molar-refractivity contribution is -0.122. The zero-order chi connectivity index (χ0) is 13.2.